The molecule has 0 aliphatic heterocycles. The second-order valence-electron chi connectivity index (χ2n) is 5.30. The first-order valence-corrected chi connectivity index (χ1v) is 7.37. The Labute approximate surface area is 129 Å². The summed E-state index contributed by atoms with van der Waals surface area (Å²) in [4.78, 5) is 23.8. The molecular formula is C18H17NO3. The Morgan fingerprint density at radius 1 is 1.05 bits per heavy atom. The predicted octanol–water partition coefficient (Wildman–Crippen LogP) is 3.95. The van der Waals surface area contributed by atoms with Gasteiger partial charge in [-0.3, -0.25) is 10.1 Å². The van der Waals surface area contributed by atoms with Gasteiger partial charge in [0.25, 0.3) is 0 Å². The highest BCUT2D eigenvalue weighted by molar-refractivity contribution is 6.01. The van der Waals surface area contributed by atoms with E-state index in [1.807, 2.05) is 36.4 Å². The number of hydrogen-bond acceptors (Lipinski definition) is 3. The smallest absolute Gasteiger partial charge is 0.411 e. The summed E-state index contributed by atoms with van der Waals surface area (Å²) in [6.07, 6.45) is 1.70. The van der Waals surface area contributed by atoms with Gasteiger partial charge < -0.3 is 4.74 Å². The molecule has 0 saturated heterocycles. The number of ether oxygens (including phenoxy) is 1. The van der Waals surface area contributed by atoms with Crippen molar-refractivity contribution in [1.29, 1.82) is 0 Å². The molecule has 22 heavy (non-hydrogen) atoms. The fraction of sp³-hybridized carbons (Fsp3) is 0.222. The second kappa shape index (κ2) is 6.43. The lowest BCUT2D eigenvalue weighted by molar-refractivity contribution is 0.0972. The monoisotopic (exact) mass is 295 g/mol. The largest absolute Gasteiger partial charge is 0.444 e. The van der Waals surface area contributed by atoms with Crippen molar-refractivity contribution in [2.75, 3.05) is 5.32 Å². The summed E-state index contributed by atoms with van der Waals surface area (Å²) in [6, 6.07) is 14.9. The number of anilines is 1. The SMILES string of the molecule is O=C(Nc1cccc2c1CCCC2=O)OCc1ccccc1. The van der Waals surface area contributed by atoms with Gasteiger partial charge in [0.05, 0.1) is 0 Å². The normalized spacial score (nSPS) is 13.4. The molecule has 4 nitrogen and oxygen atoms in total. The highest BCUT2D eigenvalue weighted by Gasteiger charge is 2.20. The van der Waals surface area contributed by atoms with Crippen molar-refractivity contribution >= 4 is 17.6 Å². The molecule has 0 atom stereocenters. The van der Waals surface area contributed by atoms with E-state index < -0.39 is 6.09 Å². The average molecular weight is 295 g/mol. The van der Waals surface area contributed by atoms with Gasteiger partial charge in [0.1, 0.15) is 6.61 Å². The average Bonchev–Trinajstić information content (AvgIpc) is 2.55. The zero-order valence-electron chi connectivity index (χ0n) is 12.2. The molecule has 0 radical (unpaired) electrons. The molecule has 2 aromatic carbocycles. The maximum atomic E-state index is 11.9. The van der Waals surface area contributed by atoms with Crippen molar-refractivity contribution < 1.29 is 14.3 Å². The van der Waals surface area contributed by atoms with Gasteiger partial charge in [-0.15, -0.1) is 0 Å². The standard InChI is InChI=1S/C18H17NO3/c20-17-11-5-8-14-15(17)9-4-10-16(14)19-18(21)22-12-13-6-2-1-3-7-13/h1-4,6-7,9-10H,5,8,11-12H2,(H,19,21). The van der Waals surface area contributed by atoms with Crippen molar-refractivity contribution in [3.63, 3.8) is 0 Å². The topological polar surface area (TPSA) is 55.4 Å². The van der Waals surface area contributed by atoms with Crippen LogP contribution in [0, 0.1) is 0 Å². The van der Waals surface area contributed by atoms with E-state index in [-0.39, 0.29) is 12.4 Å². The lowest BCUT2D eigenvalue weighted by Crippen LogP contribution is -2.18. The second-order valence-corrected chi connectivity index (χ2v) is 5.30. The van der Waals surface area contributed by atoms with Crippen LogP contribution in [0.2, 0.25) is 0 Å². The van der Waals surface area contributed by atoms with Crippen LogP contribution in [0.15, 0.2) is 48.5 Å². The van der Waals surface area contributed by atoms with E-state index in [9.17, 15) is 9.59 Å². The first kappa shape index (κ1) is 14.3. The highest BCUT2D eigenvalue weighted by Crippen LogP contribution is 2.28. The third kappa shape index (κ3) is 3.17. The van der Waals surface area contributed by atoms with Crippen LogP contribution in [0.5, 0.6) is 0 Å². The Morgan fingerprint density at radius 2 is 1.86 bits per heavy atom. The van der Waals surface area contributed by atoms with Crippen molar-refractivity contribution in [3.05, 3.63) is 65.2 Å². The zero-order valence-corrected chi connectivity index (χ0v) is 12.2. The molecule has 0 unspecified atom stereocenters. The van der Waals surface area contributed by atoms with Crippen molar-refractivity contribution in [3.8, 4) is 0 Å². The van der Waals surface area contributed by atoms with Crippen molar-refractivity contribution in [2.45, 2.75) is 25.9 Å². The van der Waals surface area contributed by atoms with Gasteiger partial charge in [-0.05, 0) is 30.0 Å². The Morgan fingerprint density at radius 3 is 2.68 bits per heavy atom. The molecule has 0 heterocycles. The van der Waals surface area contributed by atoms with Gasteiger partial charge in [0.15, 0.2) is 5.78 Å². The first-order chi connectivity index (χ1) is 10.7. The van der Waals surface area contributed by atoms with Gasteiger partial charge in [-0.25, -0.2) is 4.79 Å². The van der Waals surface area contributed by atoms with Crippen LogP contribution in [0.25, 0.3) is 0 Å². The molecule has 0 saturated carbocycles. The Hall–Kier alpha value is -2.62. The number of nitrogens with one attached hydrogen (secondary N) is 1. The molecule has 2 aromatic rings. The molecule has 1 amide bonds. The van der Waals surface area contributed by atoms with E-state index in [0.717, 1.165) is 24.0 Å². The Bertz CT molecular complexity index is 695. The molecule has 1 N–H and O–H groups in total. The van der Waals surface area contributed by atoms with Gasteiger partial charge in [0.2, 0.25) is 0 Å². The molecule has 112 valence electrons. The maximum absolute atomic E-state index is 11.9. The summed E-state index contributed by atoms with van der Waals surface area (Å²) in [5, 5.41) is 2.75. The third-order valence-corrected chi connectivity index (χ3v) is 3.76. The maximum Gasteiger partial charge on any atom is 0.411 e. The van der Waals surface area contributed by atoms with Crippen LogP contribution in [0.1, 0.15) is 34.3 Å². The van der Waals surface area contributed by atoms with Gasteiger partial charge in [0, 0.05) is 17.7 Å². The van der Waals surface area contributed by atoms with E-state index in [1.165, 1.54) is 0 Å². The number of benzene rings is 2. The van der Waals surface area contributed by atoms with Gasteiger partial charge in [-0.2, -0.15) is 0 Å². The molecule has 0 aromatic heterocycles. The molecule has 0 spiro atoms. The van der Waals surface area contributed by atoms with E-state index in [4.69, 9.17) is 4.74 Å². The fourth-order valence-electron chi connectivity index (χ4n) is 2.66. The highest BCUT2D eigenvalue weighted by atomic mass is 16.5. The van der Waals surface area contributed by atoms with Crippen LogP contribution >= 0.6 is 0 Å². The number of hydrogen-bond donors (Lipinski definition) is 1. The van der Waals surface area contributed by atoms with Gasteiger partial charge >= 0.3 is 6.09 Å². The minimum Gasteiger partial charge on any atom is -0.444 e. The van der Waals surface area contributed by atoms with Crippen LogP contribution in [-0.4, -0.2) is 11.9 Å². The number of Topliss-reactive ketones (excluding diaryl/α,β-unsaturated/α-hetero) is 1. The number of amides is 1. The third-order valence-electron chi connectivity index (χ3n) is 3.76. The van der Waals surface area contributed by atoms with E-state index in [2.05, 4.69) is 5.32 Å². The van der Waals surface area contributed by atoms with E-state index in [1.54, 1.807) is 12.1 Å². The van der Waals surface area contributed by atoms with Crippen LogP contribution in [-0.2, 0) is 17.8 Å². The first-order valence-electron chi connectivity index (χ1n) is 7.37. The number of ketones is 1. The molecule has 3 rings (SSSR count). The lowest BCUT2D eigenvalue weighted by atomic mass is 9.89. The van der Waals surface area contributed by atoms with Crippen molar-refractivity contribution in [2.24, 2.45) is 0 Å². The van der Waals surface area contributed by atoms with Crippen LogP contribution < -0.4 is 5.32 Å². The Balaban J connectivity index is 1.67. The number of rotatable bonds is 3. The minimum absolute atomic E-state index is 0.141. The molecule has 1 aliphatic rings. The molecule has 4 heteroatoms. The zero-order chi connectivity index (χ0) is 15.4. The van der Waals surface area contributed by atoms with E-state index >= 15 is 0 Å². The summed E-state index contributed by atoms with van der Waals surface area (Å²) < 4.78 is 5.21. The summed E-state index contributed by atoms with van der Waals surface area (Å²) in [6.45, 7) is 0.223. The van der Waals surface area contributed by atoms with E-state index in [0.29, 0.717) is 17.7 Å². The number of carbonyl (C=O) groups is 2. The molecule has 0 bridgehead atoms. The lowest BCUT2D eigenvalue weighted by Gasteiger charge is -2.18. The number of carbonyl (C=O) groups excluding carboxylic acids is 2. The summed E-state index contributed by atoms with van der Waals surface area (Å²) in [5.41, 5.74) is 3.23. The molecule has 1 aliphatic carbocycles. The number of fused-ring (bicyclic) bond motifs is 1. The quantitative estimate of drug-likeness (QED) is 0.932. The summed E-state index contributed by atoms with van der Waals surface area (Å²) in [7, 11) is 0. The molecule has 0 fully saturated rings. The van der Waals surface area contributed by atoms with Crippen molar-refractivity contribution in [1.82, 2.24) is 0 Å². The molecular weight excluding hydrogens is 278 g/mol. The fourth-order valence-corrected chi connectivity index (χ4v) is 2.66. The Kier molecular flexibility index (Phi) is 4.19. The van der Waals surface area contributed by atoms with Crippen LogP contribution in [0.3, 0.4) is 0 Å². The van der Waals surface area contributed by atoms with Gasteiger partial charge in [-0.1, -0.05) is 42.5 Å². The van der Waals surface area contributed by atoms with Crippen LogP contribution in [0.4, 0.5) is 10.5 Å². The summed E-state index contributed by atoms with van der Waals surface area (Å²) >= 11 is 0. The summed E-state index contributed by atoms with van der Waals surface area (Å²) in [5.74, 6) is 0.141. The minimum atomic E-state index is -0.504. The predicted molar refractivity (Wildman–Crippen MR) is 84.0 cm³/mol.